The summed E-state index contributed by atoms with van der Waals surface area (Å²) in [6.45, 7) is 7.51. The lowest BCUT2D eigenvalue weighted by molar-refractivity contribution is -0.133. The van der Waals surface area contributed by atoms with E-state index in [0.717, 1.165) is 24.2 Å². The van der Waals surface area contributed by atoms with E-state index in [1.807, 2.05) is 49.1 Å². The quantitative estimate of drug-likeness (QED) is 0.802. The summed E-state index contributed by atoms with van der Waals surface area (Å²) in [5.74, 6) is -0.565. The van der Waals surface area contributed by atoms with Gasteiger partial charge in [0.05, 0.1) is 19.8 Å². The van der Waals surface area contributed by atoms with E-state index in [-0.39, 0.29) is 11.7 Å². The highest BCUT2D eigenvalue weighted by atomic mass is 35.5. The second-order valence-corrected chi connectivity index (χ2v) is 7.02. The van der Waals surface area contributed by atoms with Crippen molar-refractivity contribution < 1.29 is 19.4 Å². The van der Waals surface area contributed by atoms with Crippen LogP contribution in [-0.2, 0) is 20.8 Å². The van der Waals surface area contributed by atoms with E-state index in [9.17, 15) is 9.90 Å². The van der Waals surface area contributed by atoms with Gasteiger partial charge in [-0.15, -0.1) is 0 Å². The molecule has 1 fully saturated rings. The third-order valence-electron chi connectivity index (χ3n) is 4.77. The fraction of sp³-hybridized carbons (Fsp3) is 0.450. The van der Waals surface area contributed by atoms with Crippen molar-refractivity contribution in [3.63, 3.8) is 0 Å². The van der Waals surface area contributed by atoms with Gasteiger partial charge in [0.2, 0.25) is 5.88 Å². The van der Waals surface area contributed by atoms with E-state index in [2.05, 4.69) is 4.90 Å². The smallest absolute Gasteiger partial charge is 0.341 e. The molecule has 1 atom stereocenters. The summed E-state index contributed by atoms with van der Waals surface area (Å²) >= 11 is 6.01. The first kappa shape index (κ1) is 19.7. The molecule has 2 aliphatic heterocycles. The van der Waals surface area contributed by atoms with E-state index in [4.69, 9.17) is 21.1 Å². The van der Waals surface area contributed by atoms with Gasteiger partial charge in [0.25, 0.3) is 0 Å². The number of rotatable bonds is 6. The Hall–Kier alpha value is -2.02. The molecule has 1 saturated heterocycles. The Morgan fingerprint density at radius 3 is 2.56 bits per heavy atom. The maximum atomic E-state index is 11.9. The number of halogens is 1. The van der Waals surface area contributed by atoms with E-state index >= 15 is 0 Å². The van der Waals surface area contributed by atoms with Crippen LogP contribution in [0.15, 0.2) is 47.4 Å². The van der Waals surface area contributed by atoms with Crippen molar-refractivity contribution in [2.45, 2.75) is 26.6 Å². The first-order chi connectivity index (χ1) is 13.0. The fourth-order valence-electron chi connectivity index (χ4n) is 3.48. The van der Waals surface area contributed by atoms with E-state index in [1.165, 1.54) is 0 Å². The van der Waals surface area contributed by atoms with Gasteiger partial charge >= 0.3 is 5.97 Å². The second kappa shape index (κ2) is 8.78. The molecule has 1 N–H and O–H groups in total. The SMILES string of the molecule is CCOC1=C(C(=O)O)C(C)=CC(N2CCOCC2)N1Cc1ccc(Cl)cc1. The Kier molecular flexibility index (Phi) is 6.42. The number of benzene rings is 1. The van der Waals surface area contributed by atoms with Crippen LogP contribution in [0.3, 0.4) is 0 Å². The predicted octanol–water partition coefficient (Wildman–Crippen LogP) is 3.09. The highest BCUT2D eigenvalue weighted by Crippen LogP contribution is 2.31. The molecule has 1 aromatic rings. The van der Waals surface area contributed by atoms with Crippen molar-refractivity contribution in [3.05, 3.63) is 58.0 Å². The fourth-order valence-corrected chi connectivity index (χ4v) is 3.60. The number of hydrogen-bond acceptors (Lipinski definition) is 5. The standard InChI is InChI=1S/C20H25ClN2O4/c1-3-27-19-18(20(24)25)14(2)12-17(22-8-10-26-11-9-22)23(19)13-15-4-6-16(21)7-5-15/h4-7,12,17H,3,8-11,13H2,1-2H3,(H,24,25). The highest BCUT2D eigenvalue weighted by molar-refractivity contribution is 6.30. The molecule has 2 heterocycles. The molecule has 7 heteroatoms. The minimum atomic E-state index is -0.978. The summed E-state index contributed by atoms with van der Waals surface area (Å²) < 4.78 is 11.3. The minimum Gasteiger partial charge on any atom is -0.479 e. The summed E-state index contributed by atoms with van der Waals surface area (Å²) in [5, 5.41) is 10.4. The van der Waals surface area contributed by atoms with E-state index in [0.29, 0.717) is 37.3 Å². The molecule has 27 heavy (non-hydrogen) atoms. The lowest BCUT2D eigenvalue weighted by Gasteiger charge is -2.44. The third kappa shape index (κ3) is 4.46. The maximum absolute atomic E-state index is 11.9. The van der Waals surface area contributed by atoms with Gasteiger partial charge < -0.3 is 19.5 Å². The van der Waals surface area contributed by atoms with Gasteiger partial charge in [-0.2, -0.15) is 0 Å². The molecule has 0 aliphatic carbocycles. The third-order valence-corrected chi connectivity index (χ3v) is 5.02. The van der Waals surface area contributed by atoms with Crippen LogP contribution in [0, 0.1) is 0 Å². The highest BCUT2D eigenvalue weighted by Gasteiger charge is 2.35. The van der Waals surface area contributed by atoms with Gasteiger partial charge in [-0.25, -0.2) is 4.79 Å². The van der Waals surface area contributed by atoms with Crippen LogP contribution in [0.2, 0.25) is 5.02 Å². The van der Waals surface area contributed by atoms with Crippen LogP contribution in [0.5, 0.6) is 0 Å². The van der Waals surface area contributed by atoms with Gasteiger partial charge in [-0.1, -0.05) is 23.7 Å². The molecule has 3 rings (SSSR count). The number of ether oxygens (including phenoxy) is 2. The number of hydrogen-bond donors (Lipinski definition) is 1. The van der Waals surface area contributed by atoms with Crippen molar-refractivity contribution in [2.24, 2.45) is 0 Å². The zero-order chi connectivity index (χ0) is 19.4. The Labute approximate surface area is 164 Å². The molecule has 2 aliphatic rings. The summed E-state index contributed by atoms with van der Waals surface area (Å²) in [6.07, 6.45) is 1.92. The van der Waals surface area contributed by atoms with Crippen molar-refractivity contribution >= 4 is 17.6 Å². The summed E-state index contributed by atoms with van der Waals surface area (Å²) in [7, 11) is 0. The molecular formula is C20H25ClN2O4. The van der Waals surface area contributed by atoms with Gasteiger partial charge in [0.15, 0.2) is 0 Å². The number of carbonyl (C=O) groups is 1. The Morgan fingerprint density at radius 2 is 1.96 bits per heavy atom. The number of nitrogens with zero attached hydrogens (tertiary/aromatic N) is 2. The van der Waals surface area contributed by atoms with Crippen molar-refractivity contribution in [2.75, 3.05) is 32.9 Å². The number of aliphatic carboxylic acids is 1. The second-order valence-electron chi connectivity index (χ2n) is 6.58. The van der Waals surface area contributed by atoms with Gasteiger partial charge in [-0.3, -0.25) is 4.90 Å². The van der Waals surface area contributed by atoms with Crippen LogP contribution in [-0.4, -0.2) is 60.0 Å². The van der Waals surface area contributed by atoms with Gasteiger partial charge in [0.1, 0.15) is 11.7 Å². The largest absolute Gasteiger partial charge is 0.479 e. The molecule has 1 unspecified atom stereocenters. The van der Waals surface area contributed by atoms with Crippen LogP contribution in [0.1, 0.15) is 19.4 Å². The van der Waals surface area contributed by atoms with Gasteiger partial charge in [0, 0.05) is 24.7 Å². The van der Waals surface area contributed by atoms with Crippen LogP contribution < -0.4 is 0 Å². The molecule has 0 bridgehead atoms. The summed E-state index contributed by atoms with van der Waals surface area (Å²) in [5.41, 5.74) is 1.97. The topological polar surface area (TPSA) is 62.2 Å². The Morgan fingerprint density at radius 1 is 1.30 bits per heavy atom. The summed E-state index contributed by atoms with van der Waals surface area (Å²) in [6, 6.07) is 7.59. The predicted molar refractivity (Wildman–Crippen MR) is 103 cm³/mol. The first-order valence-electron chi connectivity index (χ1n) is 9.13. The van der Waals surface area contributed by atoms with E-state index < -0.39 is 5.97 Å². The van der Waals surface area contributed by atoms with Crippen LogP contribution in [0.25, 0.3) is 0 Å². The van der Waals surface area contributed by atoms with Crippen molar-refractivity contribution in [1.82, 2.24) is 9.80 Å². The van der Waals surface area contributed by atoms with Crippen molar-refractivity contribution in [1.29, 1.82) is 0 Å². The molecule has 1 aromatic carbocycles. The van der Waals surface area contributed by atoms with Gasteiger partial charge in [-0.05, 0) is 43.2 Å². The molecule has 146 valence electrons. The Bertz CT molecular complexity index is 739. The van der Waals surface area contributed by atoms with Crippen LogP contribution in [0.4, 0.5) is 0 Å². The molecule has 0 saturated carbocycles. The average molecular weight is 393 g/mol. The monoisotopic (exact) mass is 392 g/mol. The number of morpholine rings is 1. The zero-order valence-electron chi connectivity index (χ0n) is 15.7. The molecule has 0 spiro atoms. The lowest BCUT2D eigenvalue weighted by Crippen LogP contribution is -2.53. The summed E-state index contributed by atoms with van der Waals surface area (Å²) in [4.78, 5) is 16.2. The normalized spacial score (nSPS) is 21.2. The molecular weight excluding hydrogens is 368 g/mol. The average Bonchev–Trinajstić information content (AvgIpc) is 2.66. The molecule has 0 radical (unpaired) electrons. The zero-order valence-corrected chi connectivity index (χ0v) is 16.4. The maximum Gasteiger partial charge on any atom is 0.341 e. The minimum absolute atomic E-state index is 0.0887. The molecule has 0 aromatic heterocycles. The first-order valence-corrected chi connectivity index (χ1v) is 9.51. The molecule has 0 amide bonds. The molecule has 6 nitrogen and oxygen atoms in total. The lowest BCUT2D eigenvalue weighted by atomic mass is 10.0. The Balaban J connectivity index is 2.00. The van der Waals surface area contributed by atoms with Crippen molar-refractivity contribution in [3.8, 4) is 0 Å². The van der Waals surface area contributed by atoms with E-state index in [1.54, 1.807) is 0 Å². The number of carboxylic acids is 1. The number of carboxylic acid groups (broad SMARTS) is 1. The van der Waals surface area contributed by atoms with Crippen LogP contribution >= 0.6 is 11.6 Å².